The smallest absolute Gasteiger partial charge is 0.185 e. The largest absolute Gasteiger partial charge is 0.363 e. The fourth-order valence-electron chi connectivity index (χ4n) is 3.16. The second-order valence-corrected chi connectivity index (χ2v) is 6.55. The Balaban J connectivity index is 1.66. The molecule has 4 rings (SSSR count). The molecule has 2 aliphatic rings. The number of carbonyl (C=O) groups is 1. The number of aromatic nitrogens is 3. The highest BCUT2D eigenvalue weighted by Crippen LogP contribution is 2.47. The van der Waals surface area contributed by atoms with Gasteiger partial charge in [-0.05, 0) is 23.5 Å². The number of epoxide rings is 1. The molecule has 1 aliphatic heterocycles. The molecule has 1 aliphatic carbocycles. The molecule has 2 aromatic rings. The highest BCUT2D eigenvalue weighted by molar-refractivity contribution is 5.96. The predicted octanol–water partition coefficient (Wildman–Crippen LogP) is 2.65. The van der Waals surface area contributed by atoms with Crippen molar-refractivity contribution in [1.82, 2.24) is 15.0 Å². The van der Waals surface area contributed by atoms with E-state index >= 15 is 0 Å². The average molecular weight is 297 g/mol. The minimum absolute atomic E-state index is 0.0810. The van der Waals surface area contributed by atoms with Crippen molar-refractivity contribution in [3.05, 3.63) is 46.8 Å². The molecule has 1 unspecified atom stereocenters. The number of nitrogens with zero attached hydrogens (tertiary/aromatic N) is 3. The van der Waals surface area contributed by atoms with Crippen LogP contribution in [0.4, 0.5) is 0 Å². The summed E-state index contributed by atoms with van der Waals surface area (Å²) in [7, 11) is 0. The van der Waals surface area contributed by atoms with E-state index in [-0.39, 0.29) is 11.4 Å². The minimum Gasteiger partial charge on any atom is -0.363 e. The molecule has 0 radical (unpaired) electrons. The van der Waals surface area contributed by atoms with Gasteiger partial charge in [0, 0.05) is 6.42 Å². The summed E-state index contributed by atoms with van der Waals surface area (Å²) < 4.78 is 7.48. The van der Waals surface area contributed by atoms with Gasteiger partial charge in [0.15, 0.2) is 11.5 Å². The first-order valence-electron chi connectivity index (χ1n) is 7.79. The van der Waals surface area contributed by atoms with Crippen molar-refractivity contribution in [3.63, 3.8) is 0 Å². The van der Waals surface area contributed by atoms with Gasteiger partial charge in [-0.1, -0.05) is 43.3 Å². The van der Waals surface area contributed by atoms with E-state index in [0.29, 0.717) is 31.2 Å². The Morgan fingerprint density at radius 3 is 2.68 bits per heavy atom. The van der Waals surface area contributed by atoms with E-state index in [0.717, 1.165) is 17.7 Å². The van der Waals surface area contributed by atoms with Crippen LogP contribution in [0.3, 0.4) is 0 Å². The lowest BCUT2D eigenvalue weighted by Crippen LogP contribution is -2.25. The number of hydrogen-bond acceptors (Lipinski definition) is 4. The lowest BCUT2D eigenvalue weighted by Gasteiger charge is -2.18. The molecule has 114 valence electrons. The molecule has 1 spiro atoms. The third kappa shape index (κ3) is 2.08. The summed E-state index contributed by atoms with van der Waals surface area (Å²) in [6.07, 6.45) is 1.26. The second kappa shape index (κ2) is 4.74. The first-order chi connectivity index (χ1) is 10.6. The number of ketones is 1. The molecular formula is C17H19N3O2. The van der Waals surface area contributed by atoms with Crippen molar-refractivity contribution >= 4 is 5.78 Å². The number of hydrogen-bond donors (Lipinski definition) is 0. The van der Waals surface area contributed by atoms with Crippen molar-refractivity contribution in [3.8, 4) is 0 Å². The van der Waals surface area contributed by atoms with Crippen molar-refractivity contribution < 1.29 is 9.53 Å². The maximum Gasteiger partial charge on any atom is 0.185 e. The summed E-state index contributed by atoms with van der Waals surface area (Å²) in [5, 5.41) is 8.30. The molecule has 0 bridgehead atoms. The van der Waals surface area contributed by atoms with Crippen LogP contribution in [-0.4, -0.2) is 27.4 Å². The van der Waals surface area contributed by atoms with Gasteiger partial charge in [0.25, 0.3) is 0 Å². The van der Waals surface area contributed by atoms with Gasteiger partial charge in [0.1, 0.15) is 11.3 Å². The quantitative estimate of drug-likeness (QED) is 0.817. The number of ether oxygens (including phenoxy) is 1. The summed E-state index contributed by atoms with van der Waals surface area (Å²) >= 11 is 0. The Morgan fingerprint density at radius 2 is 2.05 bits per heavy atom. The summed E-state index contributed by atoms with van der Waals surface area (Å²) in [6, 6.07) is 8.54. The number of Topliss-reactive ketones (excluding diaryl/α,β-unsaturated/α-hetero) is 1. The van der Waals surface area contributed by atoms with Crippen LogP contribution >= 0.6 is 0 Å². The maximum absolute atomic E-state index is 12.0. The van der Waals surface area contributed by atoms with Crippen LogP contribution in [0.2, 0.25) is 0 Å². The van der Waals surface area contributed by atoms with Gasteiger partial charge in [-0.25, -0.2) is 4.68 Å². The summed E-state index contributed by atoms with van der Waals surface area (Å²) in [5.74, 6) is 0.603. The van der Waals surface area contributed by atoms with Gasteiger partial charge in [-0.3, -0.25) is 4.79 Å². The van der Waals surface area contributed by atoms with Crippen LogP contribution < -0.4 is 0 Å². The number of carbonyl (C=O) groups excluding carboxylic acids is 1. The van der Waals surface area contributed by atoms with Crippen molar-refractivity contribution in [1.29, 1.82) is 0 Å². The van der Waals surface area contributed by atoms with Crippen molar-refractivity contribution in [2.45, 2.75) is 44.8 Å². The zero-order valence-electron chi connectivity index (χ0n) is 12.9. The van der Waals surface area contributed by atoms with Gasteiger partial charge >= 0.3 is 0 Å². The van der Waals surface area contributed by atoms with Gasteiger partial charge in [0.2, 0.25) is 0 Å². The van der Waals surface area contributed by atoms with Crippen molar-refractivity contribution in [2.24, 2.45) is 0 Å². The maximum atomic E-state index is 12.0. The van der Waals surface area contributed by atoms with Gasteiger partial charge in [-0.2, -0.15) is 0 Å². The van der Waals surface area contributed by atoms with E-state index < -0.39 is 0 Å². The van der Waals surface area contributed by atoms with Gasteiger partial charge < -0.3 is 4.74 Å². The van der Waals surface area contributed by atoms with E-state index in [1.165, 1.54) is 5.56 Å². The molecule has 1 saturated heterocycles. The standard InChI is InChI=1S/C17H19N3O2/c1-11(2)13-5-3-12(4-6-13)9-20-16-15(18-19-20)14(21)7-8-17(16)10-22-17/h3-6,11H,7-10H2,1-2H3. The molecule has 5 nitrogen and oxygen atoms in total. The van der Waals surface area contributed by atoms with Gasteiger partial charge in [0.05, 0.1) is 13.2 Å². The summed E-state index contributed by atoms with van der Waals surface area (Å²) in [6.45, 7) is 5.66. The Kier molecular flexibility index (Phi) is 2.94. The highest BCUT2D eigenvalue weighted by Gasteiger charge is 2.54. The highest BCUT2D eigenvalue weighted by atomic mass is 16.6. The predicted molar refractivity (Wildman–Crippen MR) is 80.8 cm³/mol. The first-order valence-corrected chi connectivity index (χ1v) is 7.79. The molecule has 1 fully saturated rings. The Labute approximate surface area is 129 Å². The SMILES string of the molecule is CC(C)c1ccc(Cn2nnc3c2C2(CCC3=O)CO2)cc1. The fraction of sp³-hybridized carbons (Fsp3) is 0.471. The Hall–Kier alpha value is -2.01. The summed E-state index contributed by atoms with van der Waals surface area (Å²) in [5.41, 5.74) is 3.55. The van der Waals surface area contributed by atoms with E-state index in [1.54, 1.807) is 0 Å². The lowest BCUT2D eigenvalue weighted by molar-refractivity contribution is 0.0939. The Bertz CT molecular complexity index is 727. The monoisotopic (exact) mass is 297 g/mol. The molecule has 22 heavy (non-hydrogen) atoms. The van der Waals surface area contributed by atoms with E-state index in [4.69, 9.17) is 4.74 Å². The number of fused-ring (bicyclic) bond motifs is 2. The van der Waals surface area contributed by atoms with E-state index in [1.807, 2.05) is 4.68 Å². The molecule has 1 aromatic heterocycles. The van der Waals surface area contributed by atoms with Crippen LogP contribution in [0.5, 0.6) is 0 Å². The molecule has 0 N–H and O–H groups in total. The third-order valence-electron chi connectivity index (χ3n) is 4.66. The molecule has 2 heterocycles. The molecule has 0 saturated carbocycles. The average Bonchev–Trinajstić information content (AvgIpc) is 3.16. The van der Waals surface area contributed by atoms with E-state index in [9.17, 15) is 4.79 Å². The second-order valence-electron chi connectivity index (χ2n) is 6.55. The van der Waals surface area contributed by atoms with Crippen LogP contribution in [0.15, 0.2) is 24.3 Å². The zero-order valence-corrected chi connectivity index (χ0v) is 12.9. The topological polar surface area (TPSA) is 60.3 Å². The van der Waals surface area contributed by atoms with Gasteiger partial charge in [-0.15, -0.1) is 5.10 Å². The summed E-state index contributed by atoms with van der Waals surface area (Å²) in [4.78, 5) is 12.0. The number of benzene rings is 1. The molecule has 1 aromatic carbocycles. The normalized spacial score (nSPS) is 23.1. The van der Waals surface area contributed by atoms with Crippen LogP contribution in [0.25, 0.3) is 0 Å². The Morgan fingerprint density at radius 1 is 1.32 bits per heavy atom. The van der Waals surface area contributed by atoms with Crippen LogP contribution in [0, 0.1) is 0 Å². The first kappa shape index (κ1) is 13.6. The molecule has 5 heteroatoms. The zero-order chi connectivity index (χ0) is 15.3. The third-order valence-corrected chi connectivity index (χ3v) is 4.66. The minimum atomic E-state index is -0.301. The molecular weight excluding hydrogens is 278 g/mol. The molecule has 1 atom stereocenters. The van der Waals surface area contributed by atoms with Crippen LogP contribution in [-0.2, 0) is 16.9 Å². The number of rotatable bonds is 3. The van der Waals surface area contributed by atoms with Crippen molar-refractivity contribution in [2.75, 3.05) is 6.61 Å². The van der Waals surface area contributed by atoms with Crippen LogP contribution in [0.1, 0.15) is 59.9 Å². The molecule has 0 amide bonds. The fourth-order valence-corrected chi connectivity index (χ4v) is 3.16. The lowest BCUT2D eigenvalue weighted by atomic mass is 9.89. The van der Waals surface area contributed by atoms with E-state index in [2.05, 4.69) is 48.4 Å².